The fourth-order valence-corrected chi connectivity index (χ4v) is 2.53. The predicted octanol–water partition coefficient (Wildman–Crippen LogP) is 4.02. The lowest BCUT2D eigenvalue weighted by Gasteiger charge is -2.05. The van der Waals surface area contributed by atoms with Gasteiger partial charge >= 0.3 is 0 Å². The van der Waals surface area contributed by atoms with Gasteiger partial charge in [0.25, 0.3) is 5.91 Å². The normalized spacial score (nSPS) is 10.4. The van der Waals surface area contributed by atoms with Crippen LogP contribution in [0.3, 0.4) is 0 Å². The average Bonchev–Trinajstić information content (AvgIpc) is 2.96. The molecule has 1 amide bonds. The summed E-state index contributed by atoms with van der Waals surface area (Å²) in [5.74, 6) is -0.00422. The maximum Gasteiger partial charge on any atom is 0.251 e. The zero-order valence-corrected chi connectivity index (χ0v) is 12.0. The van der Waals surface area contributed by atoms with E-state index in [9.17, 15) is 4.79 Å². The predicted molar refractivity (Wildman–Crippen MR) is 80.5 cm³/mol. The molecule has 0 aliphatic heterocycles. The number of thiophene rings is 1. The first-order valence-corrected chi connectivity index (χ1v) is 7.57. The van der Waals surface area contributed by atoms with Crippen molar-refractivity contribution in [1.29, 1.82) is 0 Å². The standard InChI is InChI=1S/C16H19NOS/c1-2-3-5-13-7-9-14(10-8-13)16(18)17-12-15-6-4-11-19-15/h4,6-11H,2-3,5,12H2,1H3,(H,17,18). The van der Waals surface area contributed by atoms with Gasteiger partial charge in [-0.15, -0.1) is 11.3 Å². The minimum Gasteiger partial charge on any atom is -0.347 e. The number of benzene rings is 1. The molecule has 19 heavy (non-hydrogen) atoms. The number of hydrogen-bond donors (Lipinski definition) is 1. The van der Waals surface area contributed by atoms with Crippen LogP contribution < -0.4 is 5.32 Å². The van der Waals surface area contributed by atoms with E-state index in [4.69, 9.17) is 0 Å². The van der Waals surface area contributed by atoms with E-state index in [1.54, 1.807) is 11.3 Å². The Kier molecular flexibility index (Phi) is 5.16. The van der Waals surface area contributed by atoms with Crippen LogP contribution >= 0.6 is 11.3 Å². The summed E-state index contributed by atoms with van der Waals surface area (Å²) in [6.07, 6.45) is 3.49. The molecule has 0 unspecified atom stereocenters. The summed E-state index contributed by atoms with van der Waals surface area (Å²) in [5, 5.41) is 4.95. The van der Waals surface area contributed by atoms with Crippen LogP contribution in [0.5, 0.6) is 0 Å². The van der Waals surface area contributed by atoms with Crippen molar-refractivity contribution in [3.05, 3.63) is 57.8 Å². The van der Waals surface area contributed by atoms with E-state index in [2.05, 4.69) is 24.4 Å². The van der Waals surface area contributed by atoms with Crippen LogP contribution in [0.4, 0.5) is 0 Å². The molecule has 0 bridgehead atoms. The summed E-state index contributed by atoms with van der Waals surface area (Å²) < 4.78 is 0. The molecule has 3 heteroatoms. The molecule has 0 fully saturated rings. The smallest absolute Gasteiger partial charge is 0.251 e. The van der Waals surface area contributed by atoms with Crippen LogP contribution in [-0.2, 0) is 13.0 Å². The second-order valence-corrected chi connectivity index (χ2v) is 5.59. The number of carbonyl (C=O) groups excluding carboxylic acids is 1. The molecule has 1 aromatic heterocycles. The topological polar surface area (TPSA) is 29.1 Å². The fourth-order valence-electron chi connectivity index (χ4n) is 1.89. The number of nitrogens with one attached hydrogen (secondary N) is 1. The van der Waals surface area contributed by atoms with Gasteiger partial charge in [0, 0.05) is 10.4 Å². The van der Waals surface area contributed by atoms with Crippen molar-refractivity contribution in [2.45, 2.75) is 32.7 Å². The molecule has 0 radical (unpaired) electrons. The maximum absolute atomic E-state index is 12.0. The summed E-state index contributed by atoms with van der Waals surface area (Å²) >= 11 is 1.66. The van der Waals surface area contributed by atoms with Gasteiger partial charge in [-0.25, -0.2) is 0 Å². The second kappa shape index (κ2) is 7.10. The molecular weight excluding hydrogens is 254 g/mol. The highest BCUT2D eigenvalue weighted by atomic mass is 32.1. The molecule has 0 saturated heterocycles. The van der Waals surface area contributed by atoms with E-state index < -0.39 is 0 Å². The van der Waals surface area contributed by atoms with Gasteiger partial charge in [0.05, 0.1) is 6.54 Å². The van der Waals surface area contributed by atoms with E-state index in [1.165, 1.54) is 23.3 Å². The quantitative estimate of drug-likeness (QED) is 0.846. The molecule has 0 spiro atoms. The van der Waals surface area contributed by atoms with Gasteiger partial charge in [0.2, 0.25) is 0 Å². The Morgan fingerprint density at radius 2 is 2.00 bits per heavy atom. The summed E-state index contributed by atoms with van der Waals surface area (Å²) in [6, 6.07) is 11.9. The van der Waals surface area contributed by atoms with Gasteiger partial charge in [-0.3, -0.25) is 4.79 Å². The summed E-state index contributed by atoms with van der Waals surface area (Å²) in [6.45, 7) is 2.79. The molecule has 2 aromatic rings. The number of amides is 1. The Morgan fingerprint density at radius 3 is 2.63 bits per heavy atom. The van der Waals surface area contributed by atoms with Gasteiger partial charge in [0.1, 0.15) is 0 Å². The van der Waals surface area contributed by atoms with Crippen LogP contribution in [0.1, 0.15) is 40.6 Å². The maximum atomic E-state index is 12.0. The Hall–Kier alpha value is -1.61. The summed E-state index contributed by atoms with van der Waals surface area (Å²) in [4.78, 5) is 13.1. The van der Waals surface area contributed by atoms with Crippen LogP contribution in [0.15, 0.2) is 41.8 Å². The van der Waals surface area contributed by atoms with Crippen molar-refractivity contribution in [3.8, 4) is 0 Å². The van der Waals surface area contributed by atoms with E-state index in [0.717, 1.165) is 12.0 Å². The van der Waals surface area contributed by atoms with Crippen molar-refractivity contribution in [2.75, 3.05) is 0 Å². The van der Waals surface area contributed by atoms with E-state index >= 15 is 0 Å². The average molecular weight is 273 g/mol. The molecule has 1 N–H and O–H groups in total. The Bertz CT molecular complexity index is 502. The number of rotatable bonds is 6. The first-order valence-electron chi connectivity index (χ1n) is 6.69. The Balaban J connectivity index is 1.88. The minimum absolute atomic E-state index is 0.00422. The van der Waals surface area contributed by atoms with Crippen LogP contribution in [0.2, 0.25) is 0 Å². The molecule has 100 valence electrons. The SMILES string of the molecule is CCCCc1ccc(C(=O)NCc2cccs2)cc1. The van der Waals surface area contributed by atoms with Gasteiger partial charge in [-0.1, -0.05) is 31.5 Å². The number of unbranched alkanes of at least 4 members (excludes halogenated alkanes) is 1. The fraction of sp³-hybridized carbons (Fsp3) is 0.312. The summed E-state index contributed by atoms with van der Waals surface area (Å²) in [5.41, 5.74) is 2.04. The van der Waals surface area contributed by atoms with Crippen molar-refractivity contribution < 1.29 is 4.79 Å². The third kappa shape index (κ3) is 4.21. The third-order valence-electron chi connectivity index (χ3n) is 3.04. The van der Waals surface area contributed by atoms with Crippen molar-refractivity contribution in [3.63, 3.8) is 0 Å². The van der Waals surface area contributed by atoms with Crippen molar-refractivity contribution in [1.82, 2.24) is 5.32 Å². The van der Waals surface area contributed by atoms with Gasteiger partial charge in [-0.05, 0) is 42.0 Å². The van der Waals surface area contributed by atoms with Crippen molar-refractivity contribution >= 4 is 17.2 Å². The molecule has 2 rings (SSSR count). The van der Waals surface area contributed by atoms with E-state index in [-0.39, 0.29) is 5.91 Å². The third-order valence-corrected chi connectivity index (χ3v) is 3.91. The van der Waals surface area contributed by atoms with Crippen LogP contribution in [0.25, 0.3) is 0 Å². The lowest BCUT2D eigenvalue weighted by molar-refractivity contribution is 0.0951. The van der Waals surface area contributed by atoms with E-state index in [1.807, 2.05) is 29.6 Å². The van der Waals surface area contributed by atoms with Crippen molar-refractivity contribution in [2.24, 2.45) is 0 Å². The van der Waals surface area contributed by atoms with E-state index in [0.29, 0.717) is 6.54 Å². The largest absolute Gasteiger partial charge is 0.347 e. The molecule has 2 nitrogen and oxygen atoms in total. The zero-order chi connectivity index (χ0) is 13.5. The molecule has 0 aliphatic carbocycles. The first-order chi connectivity index (χ1) is 9.29. The van der Waals surface area contributed by atoms with Gasteiger partial charge < -0.3 is 5.32 Å². The zero-order valence-electron chi connectivity index (χ0n) is 11.2. The molecule has 0 aliphatic rings. The highest BCUT2D eigenvalue weighted by molar-refractivity contribution is 7.09. The van der Waals surface area contributed by atoms with Gasteiger partial charge in [-0.2, -0.15) is 0 Å². The highest BCUT2D eigenvalue weighted by Crippen LogP contribution is 2.10. The number of hydrogen-bond acceptors (Lipinski definition) is 2. The van der Waals surface area contributed by atoms with Crippen LogP contribution in [-0.4, -0.2) is 5.91 Å². The molecular formula is C16H19NOS. The monoisotopic (exact) mass is 273 g/mol. The lowest BCUT2D eigenvalue weighted by atomic mass is 10.1. The Labute approximate surface area is 118 Å². The molecule has 1 aromatic carbocycles. The number of carbonyl (C=O) groups is 1. The number of aryl methyl sites for hydroxylation is 1. The molecule has 0 atom stereocenters. The summed E-state index contributed by atoms with van der Waals surface area (Å²) in [7, 11) is 0. The Morgan fingerprint density at radius 1 is 1.21 bits per heavy atom. The molecule has 1 heterocycles. The van der Waals surface area contributed by atoms with Gasteiger partial charge in [0.15, 0.2) is 0 Å². The van der Waals surface area contributed by atoms with Crippen LogP contribution in [0, 0.1) is 0 Å². The highest BCUT2D eigenvalue weighted by Gasteiger charge is 2.05. The first kappa shape index (κ1) is 13.8. The second-order valence-electron chi connectivity index (χ2n) is 4.56. The lowest BCUT2D eigenvalue weighted by Crippen LogP contribution is -2.22. The molecule has 0 saturated carbocycles. The minimum atomic E-state index is -0.00422.